The Balaban J connectivity index is 1.56. The van der Waals surface area contributed by atoms with Crippen LogP contribution in [0.3, 0.4) is 0 Å². The Hall–Kier alpha value is -1.84. The van der Waals surface area contributed by atoms with Crippen molar-refractivity contribution in [3.8, 4) is 0 Å². The van der Waals surface area contributed by atoms with Gasteiger partial charge < -0.3 is 19.8 Å². The summed E-state index contributed by atoms with van der Waals surface area (Å²) < 4.78 is 5.15. The van der Waals surface area contributed by atoms with Gasteiger partial charge in [0.2, 0.25) is 5.88 Å². The van der Waals surface area contributed by atoms with Crippen LogP contribution in [0.1, 0.15) is 19.8 Å². The smallest absolute Gasteiger partial charge is 0.449 e. The minimum absolute atomic E-state index is 0.0771. The zero-order chi connectivity index (χ0) is 19.1. The molecule has 0 radical (unpaired) electrons. The minimum atomic E-state index is -1.34. The second-order valence-corrected chi connectivity index (χ2v) is 8.47. The van der Waals surface area contributed by atoms with Crippen molar-refractivity contribution < 1.29 is 19.7 Å². The highest BCUT2D eigenvalue weighted by atomic mass is 32.2. The fourth-order valence-corrected chi connectivity index (χ4v) is 6.25. The largest absolute Gasteiger partial charge is 0.512 e. The van der Waals surface area contributed by atoms with E-state index in [4.69, 9.17) is 17.0 Å². The quantitative estimate of drug-likeness (QED) is 0.565. The molecule has 2 fully saturated rings. The number of aromatic nitrogens is 1. The topological polar surface area (TPSA) is 86.1 Å². The summed E-state index contributed by atoms with van der Waals surface area (Å²) in [7, 11) is 0. The van der Waals surface area contributed by atoms with E-state index in [-0.39, 0.29) is 17.2 Å². The van der Waals surface area contributed by atoms with E-state index in [2.05, 4.69) is 9.88 Å². The number of rotatable bonds is 5. The summed E-state index contributed by atoms with van der Waals surface area (Å²) in [6, 6.07) is 3.95. The van der Waals surface area contributed by atoms with E-state index in [9.17, 15) is 15.0 Å². The molecular formula is C18H21N3O4S2. The van der Waals surface area contributed by atoms with E-state index >= 15 is 0 Å². The third kappa shape index (κ3) is 3.17. The molecule has 27 heavy (non-hydrogen) atoms. The number of aliphatic hydroxyl groups is 1. The molecule has 0 aliphatic carbocycles. The highest BCUT2D eigenvalue weighted by Crippen LogP contribution is 2.54. The van der Waals surface area contributed by atoms with E-state index < -0.39 is 12.3 Å². The summed E-state index contributed by atoms with van der Waals surface area (Å²) in [6.07, 6.45) is 3.20. The molecule has 4 atom stereocenters. The molecule has 3 aliphatic heterocycles. The predicted molar refractivity (Wildman–Crippen MR) is 106 cm³/mol. The van der Waals surface area contributed by atoms with Crippen LogP contribution in [0.25, 0.3) is 0 Å². The van der Waals surface area contributed by atoms with Gasteiger partial charge in [0.15, 0.2) is 0 Å². The molecule has 0 amide bonds. The molecule has 4 heterocycles. The lowest BCUT2D eigenvalue weighted by molar-refractivity contribution is 0.0571. The molecule has 7 nitrogen and oxygen atoms in total. The lowest BCUT2D eigenvalue weighted by Gasteiger charge is -2.46. The Bertz CT molecular complexity index is 788. The molecule has 4 rings (SSSR count). The molecule has 1 aromatic heterocycles. The number of hydrogen-bond acceptors (Lipinski definition) is 7. The number of carbonyl (C=O) groups is 1. The molecule has 0 bridgehead atoms. The summed E-state index contributed by atoms with van der Waals surface area (Å²) in [5, 5.41) is 19.4. The van der Waals surface area contributed by atoms with Crippen molar-refractivity contribution in [2.45, 2.75) is 31.2 Å². The Morgan fingerprint density at radius 1 is 1.48 bits per heavy atom. The Kier molecular flexibility index (Phi) is 5.00. The number of carboxylic acid groups (broad SMARTS) is 1. The third-order valence-electron chi connectivity index (χ3n) is 5.37. The molecule has 1 unspecified atom stereocenters. The van der Waals surface area contributed by atoms with Crippen LogP contribution in [-0.4, -0.2) is 55.8 Å². The maximum absolute atomic E-state index is 11.3. The molecule has 0 spiro atoms. The SMILES string of the molecule is CC[C@H](O)[C@H]1C(=S)N2C(OC(=O)O)=C(C3CCN(c4ccncc4)C3)S[C@H]12. The second kappa shape index (κ2) is 7.29. The Morgan fingerprint density at radius 3 is 2.89 bits per heavy atom. The van der Waals surface area contributed by atoms with E-state index in [0.717, 1.165) is 30.1 Å². The number of ether oxygens (including phenoxy) is 1. The number of anilines is 1. The minimum Gasteiger partial charge on any atom is -0.449 e. The number of fused-ring (bicyclic) bond motifs is 1. The molecule has 144 valence electrons. The van der Waals surface area contributed by atoms with Crippen molar-refractivity contribution in [3.63, 3.8) is 0 Å². The average molecular weight is 408 g/mol. The van der Waals surface area contributed by atoms with Gasteiger partial charge in [-0.05, 0) is 25.0 Å². The highest BCUT2D eigenvalue weighted by molar-refractivity contribution is 8.04. The lowest BCUT2D eigenvalue weighted by Crippen LogP contribution is -2.59. The van der Waals surface area contributed by atoms with Crippen LogP contribution < -0.4 is 4.90 Å². The van der Waals surface area contributed by atoms with Crippen LogP contribution in [0.15, 0.2) is 35.3 Å². The first-order valence-electron chi connectivity index (χ1n) is 8.99. The van der Waals surface area contributed by atoms with Crippen LogP contribution in [0.5, 0.6) is 0 Å². The fraction of sp³-hybridized carbons (Fsp3) is 0.500. The van der Waals surface area contributed by atoms with Gasteiger partial charge in [-0.2, -0.15) is 0 Å². The molecule has 1 aromatic rings. The van der Waals surface area contributed by atoms with Gasteiger partial charge >= 0.3 is 6.16 Å². The lowest BCUT2D eigenvalue weighted by atomic mass is 9.91. The van der Waals surface area contributed by atoms with E-state index in [1.807, 2.05) is 19.1 Å². The van der Waals surface area contributed by atoms with Crippen molar-refractivity contribution >= 4 is 40.8 Å². The maximum Gasteiger partial charge on any atom is 0.512 e. The zero-order valence-electron chi connectivity index (χ0n) is 14.8. The van der Waals surface area contributed by atoms with Gasteiger partial charge in [0.25, 0.3) is 0 Å². The van der Waals surface area contributed by atoms with Crippen molar-refractivity contribution in [2.24, 2.45) is 11.8 Å². The van der Waals surface area contributed by atoms with Gasteiger partial charge in [-0.15, -0.1) is 0 Å². The van der Waals surface area contributed by atoms with E-state index in [0.29, 0.717) is 17.3 Å². The van der Waals surface area contributed by atoms with Gasteiger partial charge in [0, 0.05) is 37.1 Å². The summed E-state index contributed by atoms with van der Waals surface area (Å²) in [6.45, 7) is 3.59. The third-order valence-corrected chi connectivity index (χ3v) is 7.34. The molecule has 9 heteroatoms. The van der Waals surface area contributed by atoms with Crippen molar-refractivity contribution in [2.75, 3.05) is 18.0 Å². The van der Waals surface area contributed by atoms with E-state index in [1.54, 1.807) is 29.1 Å². The molecule has 2 saturated heterocycles. The molecule has 3 aliphatic rings. The fourth-order valence-electron chi connectivity index (χ4n) is 3.95. The highest BCUT2D eigenvalue weighted by Gasteiger charge is 2.56. The summed E-state index contributed by atoms with van der Waals surface area (Å²) >= 11 is 7.06. The van der Waals surface area contributed by atoms with Crippen molar-refractivity contribution in [1.82, 2.24) is 9.88 Å². The van der Waals surface area contributed by atoms with Gasteiger partial charge in [-0.25, -0.2) is 4.79 Å². The number of pyridine rings is 1. The van der Waals surface area contributed by atoms with Crippen LogP contribution >= 0.6 is 24.0 Å². The standard InChI is InChI=1S/C18H21N3O4S2/c1-2-12(22)13-16(26)21-15(25-18(23)24)14(27-17(13)21)10-5-8-20(9-10)11-3-6-19-7-4-11/h3-4,6-7,10,12-13,17,22H,2,5,8-9H2,1H3,(H,23,24)/t10?,12-,13-,17+/m0/s1. The number of aliphatic hydroxyl groups excluding tert-OH is 1. The van der Waals surface area contributed by atoms with Crippen LogP contribution in [0.2, 0.25) is 0 Å². The zero-order valence-corrected chi connectivity index (χ0v) is 16.4. The van der Waals surface area contributed by atoms with E-state index in [1.165, 1.54) is 0 Å². The molecule has 0 aromatic carbocycles. The molecular weight excluding hydrogens is 386 g/mol. The van der Waals surface area contributed by atoms with Crippen molar-refractivity contribution in [1.29, 1.82) is 0 Å². The maximum atomic E-state index is 11.3. The van der Waals surface area contributed by atoms with Crippen LogP contribution in [0.4, 0.5) is 10.5 Å². The number of thioether (sulfide) groups is 1. The molecule has 0 saturated carbocycles. The Morgan fingerprint density at radius 2 is 2.22 bits per heavy atom. The second-order valence-electron chi connectivity index (χ2n) is 6.89. The van der Waals surface area contributed by atoms with Gasteiger partial charge in [-0.1, -0.05) is 30.9 Å². The first-order chi connectivity index (χ1) is 13.0. The normalized spacial score (nSPS) is 28.2. The van der Waals surface area contributed by atoms with Crippen LogP contribution in [0, 0.1) is 11.8 Å². The number of hydrogen-bond donors (Lipinski definition) is 2. The summed E-state index contributed by atoms with van der Waals surface area (Å²) in [5.41, 5.74) is 1.11. The first kappa shape index (κ1) is 18.5. The summed E-state index contributed by atoms with van der Waals surface area (Å²) in [5.74, 6) is 0.367. The van der Waals surface area contributed by atoms with Gasteiger partial charge in [0.05, 0.1) is 27.3 Å². The van der Waals surface area contributed by atoms with Crippen molar-refractivity contribution in [3.05, 3.63) is 35.3 Å². The predicted octanol–water partition coefficient (Wildman–Crippen LogP) is 2.87. The van der Waals surface area contributed by atoms with Gasteiger partial charge in [0.1, 0.15) is 0 Å². The average Bonchev–Trinajstić information content (AvgIpc) is 3.25. The monoisotopic (exact) mass is 407 g/mol. The first-order valence-corrected chi connectivity index (χ1v) is 10.3. The Labute approximate surface area is 167 Å². The number of nitrogens with zero attached hydrogens (tertiary/aromatic N) is 3. The number of thiocarbonyl (C=S) groups is 1. The van der Waals surface area contributed by atoms with Crippen LogP contribution in [-0.2, 0) is 4.74 Å². The summed E-state index contributed by atoms with van der Waals surface area (Å²) in [4.78, 5) is 20.8. The molecule has 2 N–H and O–H groups in total. The van der Waals surface area contributed by atoms with Gasteiger partial charge in [-0.3, -0.25) is 9.88 Å².